The first-order chi connectivity index (χ1) is 9.25. The van der Waals surface area contributed by atoms with Gasteiger partial charge in [-0.15, -0.1) is 0 Å². The fourth-order valence-electron chi connectivity index (χ4n) is 1.44. The monoisotopic (exact) mass is 356 g/mol. The lowest BCUT2D eigenvalue weighted by Gasteiger charge is -2.05. The second-order valence-electron chi connectivity index (χ2n) is 3.83. The predicted octanol–water partition coefficient (Wildman–Crippen LogP) is 3.57. The van der Waals surface area contributed by atoms with Gasteiger partial charge in [0, 0.05) is 34.9 Å². The van der Waals surface area contributed by atoms with E-state index in [9.17, 15) is 4.79 Å². The minimum Gasteiger partial charge on any atom is -0.351 e. The molecule has 2 aromatic heterocycles. The molecule has 1 amide bonds. The Balaban J connectivity index is 1.67. The van der Waals surface area contributed by atoms with Crippen LogP contribution in [0.15, 0.2) is 39.8 Å². The summed E-state index contributed by atoms with van der Waals surface area (Å²) in [5, 5.41) is 7.12. The molecule has 1 N–H and O–H groups in total. The van der Waals surface area contributed by atoms with Crippen LogP contribution in [-0.4, -0.2) is 23.2 Å². The number of pyridine rings is 1. The van der Waals surface area contributed by atoms with Crippen molar-refractivity contribution in [2.45, 2.75) is 5.75 Å². The number of carbonyl (C=O) groups excluding carboxylic acids is 1. The van der Waals surface area contributed by atoms with E-state index in [2.05, 4.69) is 43.1 Å². The summed E-state index contributed by atoms with van der Waals surface area (Å²) in [6.07, 6.45) is 3.23. The third kappa shape index (κ3) is 4.97. The Bertz CT molecular complexity index is 531. The molecule has 0 radical (unpaired) electrons. The summed E-state index contributed by atoms with van der Waals surface area (Å²) in [6, 6.07) is 3.89. The van der Waals surface area contributed by atoms with Crippen LogP contribution in [0.4, 0.5) is 0 Å². The molecule has 0 unspecified atom stereocenters. The molecule has 0 aromatic carbocycles. The summed E-state index contributed by atoms with van der Waals surface area (Å²) in [5.74, 6) is 1.82. The number of halogens is 1. The van der Waals surface area contributed by atoms with Gasteiger partial charge in [0.05, 0.1) is 5.56 Å². The van der Waals surface area contributed by atoms with Crippen LogP contribution in [0.5, 0.6) is 0 Å². The van der Waals surface area contributed by atoms with Crippen LogP contribution < -0.4 is 5.32 Å². The molecule has 0 fully saturated rings. The topological polar surface area (TPSA) is 42.0 Å². The van der Waals surface area contributed by atoms with Crippen molar-refractivity contribution in [2.24, 2.45) is 0 Å². The van der Waals surface area contributed by atoms with Crippen molar-refractivity contribution >= 4 is 44.9 Å². The van der Waals surface area contributed by atoms with Gasteiger partial charge in [0.25, 0.3) is 5.91 Å². The number of aromatic nitrogens is 1. The molecule has 0 atom stereocenters. The third-order valence-corrected chi connectivity index (χ3v) is 4.54. The number of rotatable bonds is 6. The van der Waals surface area contributed by atoms with Gasteiger partial charge >= 0.3 is 0 Å². The molecule has 2 aromatic rings. The maximum atomic E-state index is 11.8. The fourth-order valence-corrected chi connectivity index (χ4v) is 3.38. The summed E-state index contributed by atoms with van der Waals surface area (Å²) < 4.78 is 0.812. The summed E-state index contributed by atoms with van der Waals surface area (Å²) in [4.78, 5) is 15.8. The van der Waals surface area contributed by atoms with E-state index in [4.69, 9.17) is 0 Å². The lowest BCUT2D eigenvalue weighted by Crippen LogP contribution is -2.25. The van der Waals surface area contributed by atoms with Gasteiger partial charge in [0.15, 0.2) is 0 Å². The van der Waals surface area contributed by atoms with Crippen LogP contribution in [0.3, 0.4) is 0 Å². The highest BCUT2D eigenvalue weighted by atomic mass is 79.9. The Morgan fingerprint density at radius 3 is 3.11 bits per heavy atom. The third-order valence-electron chi connectivity index (χ3n) is 2.35. The van der Waals surface area contributed by atoms with Crippen LogP contribution >= 0.6 is 39.0 Å². The van der Waals surface area contributed by atoms with Crippen LogP contribution in [-0.2, 0) is 5.75 Å². The van der Waals surface area contributed by atoms with Gasteiger partial charge in [-0.3, -0.25) is 9.78 Å². The molecule has 19 heavy (non-hydrogen) atoms. The maximum absolute atomic E-state index is 11.8. The van der Waals surface area contributed by atoms with E-state index in [1.165, 1.54) is 5.56 Å². The largest absolute Gasteiger partial charge is 0.351 e. The minimum absolute atomic E-state index is 0.0788. The number of amides is 1. The standard InChI is InChI=1S/C13H13BrN2OS2/c14-12-5-11(6-15-7-12)13(17)16-2-4-19-9-10-1-3-18-8-10/h1,3,5-8H,2,4,9H2,(H,16,17). The lowest BCUT2D eigenvalue weighted by molar-refractivity contribution is 0.0956. The number of nitrogens with zero attached hydrogens (tertiary/aromatic N) is 1. The van der Waals surface area contributed by atoms with Gasteiger partial charge in [-0.1, -0.05) is 0 Å². The predicted molar refractivity (Wildman–Crippen MR) is 84.8 cm³/mol. The Labute approximate surface area is 129 Å². The maximum Gasteiger partial charge on any atom is 0.252 e. The molecule has 0 saturated carbocycles. The van der Waals surface area contributed by atoms with Crippen molar-refractivity contribution < 1.29 is 4.79 Å². The van der Waals surface area contributed by atoms with E-state index < -0.39 is 0 Å². The van der Waals surface area contributed by atoms with Gasteiger partial charge in [-0.2, -0.15) is 23.1 Å². The first kappa shape index (κ1) is 14.6. The van der Waals surface area contributed by atoms with Crippen molar-refractivity contribution in [3.05, 3.63) is 50.9 Å². The van der Waals surface area contributed by atoms with Crippen LogP contribution in [0.2, 0.25) is 0 Å². The van der Waals surface area contributed by atoms with E-state index in [-0.39, 0.29) is 5.91 Å². The zero-order valence-corrected chi connectivity index (χ0v) is 13.4. The van der Waals surface area contributed by atoms with E-state index in [1.807, 2.05) is 11.8 Å². The van der Waals surface area contributed by atoms with E-state index in [0.29, 0.717) is 12.1 Å². The molecule has 2 rings (SSSR count). The number of thioether (sulfide) groups is 1. The summed E-state index contributed by atoms with van der Waals surface area (Å²) >= 11 is 6.83. The highest BCUT2D eigenvalue weighted by Gasteiger charge is 2.05. The number of hydrogen-bond acceptors (Lipinski definition) is 4. The van der Waals surface area contributed by atoms with Gasteiger partial charge in [0.2, 0.25) is 0 Å². The van der Waals surface area contributed by atoms with Crippen LogP contribution in [0.1, 0.15) is 15.9 Å². The SMILES string of the molecule is O=C(NCCSCc1ccsc1)c1cncc(Br)c1. The zero-order valence-electron chi connectivity index (χ0n) is 10.1. The second kappa shape index (κ2) is 7.67. The van der Waals surface area contributed by atoms with E-state index in [0.717, 1.165) is 16.0 Å². The highest BCUT2D eigenvalue weighted by molar-refractivity contribution is 9.10. The quantitative estimate of drug-likeness (QED) is 0.804. The highest BCUT2D eigenvalue weighted by Crippen LogP contribution is 2.14. The molecule has 3 nitrogen and oxygen atoms in total. The molecule has 2 heterocycles. The normalized spacial score (nSPS) is 10.4. The van der Waals surface area contributed by atoms with E-state index in [1.54, 1.807) is 29.8 Å². The smallest absolute Gasteiger partial charge is 0.252 e. The summed E-state index contributed by atoms with van der Waals surface area (Å²) in [5.41, 5.74) is 1.93. The van der Waals surface area contributed by atoms with Crippen molar-refractivity contribution in [1.29, 1.82) is 0 Å². The van der Waals surface area contributed by atoms with Crippen molar-refractivity contribution in [3.8, 4) is 0 Å². The van der Waals surface area contributed by atoms with Gasteiger partial charge in [-0.05, 0) is 44.4 Å². The van der Waals surface area contributed by atoms with Crippen LogP contribution in [0.25, 0.3) is 0 Å². The molecule has 6 heteroatoms. The molecule has 0 bridgehead atoms. The number of carbonyl (C=O) groups is 1. The number of hydrogen-bond donors (Lipinski definition) is 1. The van der Waals surface area contributed by atoms with Crippen molar-refractivity contribution in [2.75, 3.05) is 12.3 Å². The summed E-state index contributed by atoms with van der Waals surface area (Å²) in [7, 11) is 0. The van der Waals surface area contributed by atoms with E-state index >= 15 is 0 Å². The molecular formula is C13H13BrN2OS2. The fraction of sp³-hybridized carbons (Fsp3) is 0.231. The first-order valence-electron chi connectivity index (χ1n) is 5.73. The Morgan fingerprint density at radius 2 is 2.37 bits per heavy atom. The first-order valence-corrected chi connectivity index (χ1v) is 8.62. The minimum atomic E-state index is -0.0788. The average Bonchev–Trinajstić information content (AvgIpc) is 2.91. The molecule has 0 aliphatic rings. The van der Waals surface area contributed by atoms with Crippen molar-refractivity contribution in [3.63, 3.8) is 0 Å². The van der Waals surface area contributed by atoms with Gasteiger partial charge in [0.1, 0.15) is 0 Å². The Morgan fingerprint density at radius 1 is 1.47 bits per heavy atom. The molecule has 100 valence electrons. The van der Waals surface area contributed by atoms with Crippen LogP contribution in [0, 0.1) is 0 Å². The van der Waals surface area contributed by atoms with Gasteiger partial charge < -0.3 is 5.32 Å². The molecule has 0 aliphatic carbocycles. The molecule has 0 saturated heterocycles. The van der Waals surface area contributed by atoms with Crippen molar-refractivity contribution in [1.82, 2.24) is 10.3 Å². The molecular weight excluding hydrogens is 344 g/mol. The Kier molecular flexibility index (Phi) is 5.88. The van der Waals surface area contributed by atoms with Gasteiger partial charge in [-0.25, -0.2) is 0 Å². The molecule has 0 aliphatic heterocycles. The second-order valence-corrected chi connectivity index (χ2v) is 6.63. The molecule has 0 spiro atoms. The zero-order chi connectivity index (χ0) is 13.5. The lowest BCUT2D eigenvalue weighted by atomic mass is 10.3. The number of thiophene rings is 1. The summed E-state index contributed by atoms with van der Waals surface area (Å²) in [6.45, 7) is 0.667. The Hall–Kier alpha value is -0.850. The number of nitrogens with one attached hydrogen (secondary N) is 1. The average molecular weight is 357 g/mol.